The average molecular weight is 367 g/mol. The van der Waals surface area contributed by atoms with E-state index in [-0.39, 0.29) is 5.95 Å². The van der Waals surface area contributed by atoms with Gasteiger partial charge in [0, 0.05) is 19.3 Å². The zero-order chi connectivity index (χ0) is 14.7. The molecule has 3 heterocycles. The third-order valence-electron chi connectivity index (χ3n) is 3.17. The predicted molar refractivity (Wildman–Crippen MR) is 86.4 cm³/mol. The number of anilines is 2. The first-order valence-electron chi connectivity index (χ1n) is 6.77. The Labute approximate surface area is 135 Å². The Morgan fingerprint density at radius 2 is 1.95 bits per heavy atom. The normalized spacial score (nSPS) is 15.2. The lowest BCUT2D eigenvalue weighted by molar-refractivity contribution is 0.565. The van der Waals surface area contributed by atoms with E-state index in [2.05, 4.69) is 40.8 Å². The summed E-state index contributed by atoms with van der Waals surface area (Å²) in [5.41, 5.74) is 5.82. The summed E-state index contributed by atoms with van der Waals surface area (Å²) in [6, 6.07) is 3.81. The number of hydrogen-bond acceptors (Lipinski definition) is 7. The van der Waals surface area contributed by atoms with Crippen molar-refractivity contribution in [1.29, 1.82) is 0 Å². The standard InChI is InChI=1S/C13H15BrN6S/c14-9-5-4-6-16-10(9)21-13-18-11(15)17-12(19-13)20-7-2-1-3-8-20/h4-6H,1-3,7-8H2,(H2,15,17,18,19). The number of rotatable bonds is 3. The van der Waals surface area contributed by atoms with Gasteiger partial charge in [-0.25, -0.2) is 4.98 Å². The second kappa shape index (κ2) is 6.57. The van der Waals surface area contributed by atoms with Crippen molar-refractivity contribution in [1.82, 2.24) is 19.9 Å². The van der Waals surface area contributed by atoms with Crippen molar-refractivity contribution >= 4 is 39.6 Å². The van der Waals surface area contributed by atoms with Crippen LogP contribution in [0, 0.1) is 0 Å². The van der Waals surface area contributed by atoms with Crippen LogP contribution in [-0.2, 0) is 0 Å². The number of nitrogens with zero attached hydrogens (tertiary/aromatic N) is 5. The molecule has 21 heavy (non-hydrogen) atoms. The lowest BCUT2D eigenvalue weighted by Crippen LogP contribution is -2.31. The molecule has 0 unspecified atom stereocenters. The zero-order valence-corrected chi connectivity index (χ0v) is 13.8. The fraction of sp³-hybridized carbons (Fsp3) is 0.385. The van der Waals surface area contributed by atoms with E-state index in [1.165, 1.54) is 31.0 Å². The molecule has 2 aromatic rings. The molecule has 0 spiro atoms. The van der Waals surface area contributed by atoms with Crippen LogP contribution in [0.4, 0.5) is 11.9 Å². The molecular weight excluding hydrogens is 352 g/mol. The summed E-state index contributed by atoms with van der Waals surface area (Å²) < 4.78 is 0.911. The van der Waals surface area contributed by atoms with Gasteiger partial charge < -0.3 is 10.6 Å². The van der Waals surface area contributed by atoms with Crippen LogP contribution in [-0.4, -0.2) is 33.0 Å². The molecule has 0 atom stereocenters. The highest BCUT2D eigenvalue weighted by Gasteiger charge is 2.16. The molecule has 110 valence electrons. The van der Waals surface area contributed by atoms with Crippen LogP contribution in [0.3, 0.4) is 0 Å². The monoisotopic (exact) mass is 366 g/mol. The predicted octanol–water partition coefficient (Wildman–Crippen LogP) is 2.75. The number of nitrogen functional groups attached to an aromatic ring is 1. The van der Waals surface area contributed by atoms with Gasteiger partial charge in [-0.3, -0.25) is 0 Å². The molecule has 1 saturated heterocycles. The highest BCUT2D eigenvalue weighted by molar-refractivity contribution is 9.10. The van der Waals surface area contributed by atoms with E-state index >= 15 is 0 Å². The molecule has 0 aliphatic carbocycles. The van der Waals surface area contributed by atoms with Crippen LogP contribution in [0.25, 0.3) is 0 Å². The Hall–Kier alpha value is -1.41. The number of hydrogen-bond donors (Lipinski definition) is 1. The Bertz CT molecular complexity index is 632. The van der Waals surface area contributed by atoms with E-state index in [1.807, 2.05) is 12.1 Å². The van der Waals surface area contributed by atoms with Crippen LogP contribution in [0.5, 0.6) is 0 Å². The minimum absolute atomic E-state index is 0.250. The molecule has 0 amide bonds. The van der Waals surface area contributed by atoms with Gasteiger partial charge >= 0.3 is 0 Å². The molecule has 2 N–H and O–H groups in total. The minimum Gasteiger partial charge on any atom is -0.368 e. The van der Waals surface area contributed by atoms with Crippen molar-refractivity contribution in [3.05, 3.63) is 22.8 Å². The van der Waals surface area contributed by atoms with Gasteiger partial charge in [-0.1, -0.05) is 0 Å². The van der Waals surface area contributed by atoms with Crippen LogP contribution in [0.2, 0.25) is 0 Å². The van der Waals surface area contributed by atoms with Gasteiger partial charge in [0.05, 0.1) is 4.47 Å². The van der Waals surface area contributed by atoms with Gasteiger partial charge in [-0.15, -0.1) is 0 Å². The molecule has 1 aliphatic heterocycles. The van der Waals surface area contributed by atoms with E-state index in [0.29, 0.717) is 11.1 Å². The third-order valence-corrected chi connectivity index (χ3v) is 4.96. The first-order chi connectivity index (χ1) is 10.2. The van der Waals surface area contributed by atoms with Crippen LogP contribution < -0.4 is 10.6 Å². The van der Waals surface area contributed by atoms with Crippen LogP contribution in [0.1, 0.15) is 19.3 Å². The lowest BCUT2D eigenvalue weighted by Gasteiger charge is -2.26. The summed E-state index contributed by atoms with van der Waals surface area (Å²) in [7, 11) is 0. The van der Waals surface area contributed by atoms with Gasteiger partial charge in [0.2, 0.25) is 17.1 Å². The van der Waals surface area contributed by atoms with E-state index < -0.39 is 0 Å². The van der Waals surface area contributed by atoms with Crippen molar-refractivity contribution in [3.63, 3.8) is 0 Å². The molecule has 0 aromatic carbocycles. The van der Waals surface area contributed by atoms with Crippen molar-refractivity contribution in [2.45, 2.75) is 29.4 Å². The van der Waals surface area contributed by atoms with E-state index in [1.54, 1.807) is 6.20 Å². The van der Waals surface area contributed by atoms with E-state index in [0.717, 1.165) is 22.6 Å². The Balaban J connectivity index is 1.85. The number of pyridine rings is 1. The SMILES string of the molecule is Nc1nc(Sc2ncccc2Br)nc(N2CCCCC2)n1. The maximum Gasteiger partial charge on any atom is 0.231 e. The van der Waals surface area contributed by atoms with Gasteiger partial charge in [-0.2, -0.15) is 15.0 Å². The van der Waals surface area contributed by atoms with Crippen molar-refractivity contribution < 1.29 is 0 Å². The summed E-state index contributed by atoms with van der Waals surface area (Å²) in [5, 5.41) is 1.38. The Morgan fingerprint density at radius 1 is 1.14 bits per heavy atom. The van der Waals surface area contributed by atoms with E-state index in [4.69, 9.17) is 5.73 Å². The summed E-state index contributed by atoms with van der Waals surface area (Å²) in [6.45, 7) is 1.95. The third kappa shape index (κ3) is 3.62. The molecule has 2 aromatic heterocycles. The quantitative estimate of drug-likeness (QED) is 0.893. The average Bonchev–Trinajstić information content (AvgIpc) is 2.50. The molecular formula is C13H15BrN6S. The van der Waals surface area contributed by atoms with Gasteiger partial charge in [0.1, 0.15) is 5.03 Å². The van der Waals surface area contributed by atoms with Crippen molar-refractivity contribution in [2.75, 3.05) is 23.7 Å². The number of aromatic nitrogens is 4. The minimum atomic E-state index is 0.250. The fourth-order valence-corrected chi connectivity index (χ4v) is 3.39. The smallest absolute Gasteiger partial charge is 0.231 e. The van der Waals surface area contributed by atoms with Gasteiger partial charge in [-0.05, 0) is 59.1 Å². The topological polar surface area (TPSA) is 80.8 Å². The second-order valence-electron chi connectivity index (χ2n) is 4.72. The lowest BCUT2D eigenvalue weighted by atomic mass is 10.1. The molecule has 0 saturated carbocycles. The van der Waals surface area contributed by atoms with Crippen molar-refractivity contribution in [3.8, 4) is 0 Å². The number of halogens is 1. The maximum absolute atomic E-state index is 5.82. The summed E-state index contributed by atoms with van der Waals surface area (Å²) in [4.78, 5) is 19.4. The molecule has 3 rings (SSSR count). The summed E-state index contributed by atoms with van der Waals surface area (Å²) in [6.07, 6.45) is 5.34. The molecule has 1 aliphatic rings. The summed E-state index contributed by atoms with van der Waals surface area (Å²) in [5.74, 6) is 0.914. The molecule has 6 nitrogen and oxygen atoms in total. The largest absolute Gasteiger partial charge is 0.368 e. The molecule has 0 radical (unpaired) electrons. The van der Waals surface area contributed by atoms with E-state index in [9.17, 15) is 0 Å². The Morgan fingerprint density at radius 3 is 2.71 bits per heavy atom. The first kappa shape index (κ1) is 14.5. The van der Waals surface area contributed by atoms with Gasteiger partial charge in [0.15, 0.2) is 0 Å². The second-order valence-corrected chi connectivity index (χ2v) is 6.53. The molecule has 1 fully saturated rings. The van der Waals surface area contributed by atoms with Crippen molar-refractivity contribution in [2.24, 2.45) is 0 Å². The fourth-order valence-electron chi connectivity index (χ4n) is 2.17. The highest BCUT2D eigenvalue weighted by atomic mass is 79.9. The maximum atomic E-state index is 5.82. The first-order valence-corrected chi connectivity index (χ1v) is 8.38. The highest BCUT2D eigenvalue weighted by Crippen LogP contribution is 2.30. The number of piperidine rings is 1. The van der Waals surface area contributed by atoms with Crippen LogP contribution in [0.15, 0.2) is 33.0 Å². The Kier molecular flexibility index (Phi) is 4.54. The summed E-state index contributed by atoms with van der Waals surface area (Å²) >= 11 is 4.85. The molecule has 0 bridgehead atoms. The zero-order valence-electron chi connectivity index (χ0n) is 11.4. The molecule has 8 heteroatoms. The van der Waals surface area contributed by atoms with Gasteiger partial charge in [0.25, 0.3) is 0 Å². The number of nitrogens with two attached hydrogens (primary N) is 1. The van der Waals surface area contributed by atoms with Crippen LogP contribution >= 0.6 is 27.7 Å².